The SMILES string of the molecule is CCCNCc1ccc(Oc2ccc(F)cc2F)c(C)c1. The molecule has 0 spiro atoms. The van der Waals surface area contributed by atoms with Gasteiger partial charge in [-0.3, -0.25) is 0 Å². The second-order valence-electron chi connectivity index (χ2n) is 4.95. The van der Waals surface area contributed by atoms with Crippen molar-refractivity contribution >= 4 is 0 Å². The number of hydrogen-bond donors (Lipinski definition) is 1. The minimum absolute atomic E-state index is 0.0244. The van der Waals surface area contributed by atoms with E-state index in [1.54, 1.807) is 6.07 Å². The van der Waals surface area contributed by atoms with Crippen LogP contribution in [0.5, 0.6) is 11.5 Å². The Bertz CT molecular complexity index is 614. The lowest BCUT2D eigenvalue weighted by atomic mass is 10.1. The van der Waals surface area contributed by atoms with E-state index in [4.69, 9.17) is 4.74 Å². The van der Waals surface area contributed by atoms with Crippen molar-refractivity contribution in [3.05, 3.63) is 59.2 Å². The van der Waals surface area contributed by atoms with Gasteiger partial charge in [0, 0.05) is 12.6 Å². The molecule has 0 aromatic heterocycles. The second kappa shape index (κ2) is 7.18. The predicted octanol–water partition coefficient (Wildman–Crippen LogP) is 4.57. The van der Waals surface area contributed by atoms with Gasteiger partial charge in [-0.15, -0.1) is 0 Å². The molecule has 0 bridgehead atoms. The Kier molecular flexibility index (Phi) is 5.28. The summed E-state index contributed by atoms with van der Waals surface area (Å²) in [5.41, 5.74) is 2.06. The van der Waals surface area contributed by atoms with Crippen molar-refractivity contribution in [2.24, 2.45) is 0 Å². The molecule has 2 aromatic carbocycles. The summed E-state index contributed by atoms with van der Waals surface area (Å²) in [6, 6.07) is 9.03. The zero-order valence-corrected chi connectivity index (χ0v) is 12.2. The molecule has 0 fully saturated rings. The number of ether oxygens (including phenoxy) is 1. The van der Waals surface area contributed by atoms with Crippen LogP contribution in [0.2, 0.25) is 0 Å². The first-order chi connectivity index (χ1) is 10.1. The van der Waals surface area contributed by atoms with Gasteiger partial charge >= 0.3 is 0 Å². The average molecular weight is 291 g/mol. The quantitative estimate of drug-likeness (QED) is 0.787. The highest BCUT2D eigenvalue weighted by molar-refractivity contribution is 5.40. The Morgan fingerprint density at radius 2 is 1.81 bits per heavy atom. The van der Waals surface area contributed by atoms with Crippen LogP contribution in [-0.2, 0) is 6.54 Å². The number of benzene rings is 2. The van der Waals surface area contributed by atoms with Crippen LogP contribution in [0.4, 0.5) is 8.78 Å². The smallest absolute Gasteiger partial charge is 0.168 e. The number of hydrogen-bond acceptors (Lipinski definition) is 2. The van der Waals surface area contributed by atoms with Gasteiger partial charge in [-0.25, -0.2) is 8.78 Å². The molecule has 0 aliphatic rings. The van der Waals surface area contributed by atoms with Gasteiger partial charge in [-0.2, -0.15) is 0 Å². The summed E-state index contributed by atoms with van der Waals surface area (Å²) in [6.07, 6.45) is 1.09. The van der Waals surface area contributed by atoms with Crippen molar-refractivity contribution in [2.45, 2.75) is 26.8 Å². The number of aryl methyl sites for hydroxylation is 1. The van der Waals surface area contributed by atoms with Crippen LogP contribution in [0.1, 0.15) is 24.5 Å². The topological polar surface area (TPSA) is 21.3 Å². The molecule has 2 rings (SSSR count). The molecule has 0 unspecified atom stereocenters. The van der Waals surface area contributed by atoms with Gasteiger partial charge in [0.05, 0.1) is 0 Å². The summed E-state index contributed by atoms with van der Waals surface area (Å²) in [7, 11) is 0. The Balaban J connectivity index is 2.10. The summed E-state index contributed by atoms with van der Waals surface area (Å²) >= 11 is 0. The van der Waals surface area contributed by atoms with E-state index >= 15 is 0 Å². The van der Waals surface area contributed by atoms with Gasteiger partial charge in [0.1, 0.15) is 11.6 Å². The third kappa shape index (κ3) is 4.26. The fourth-order valence-electron chi connectivity index (χ4n) is 2.02. The summed E-state index contributed by atoms with van der Waals surface area (Å²) in [6.45, 7) is 5.78. The van der Waals surface area contributed by atoms with Crippen molar-refractivity contribution in [2.75, 3.05) is 6.54 Å². The van der Waals surface area contributed by atoms with Crippen LogP contribution in [-0.4, -0.2) is 6.54 Å². The monoisotopic (exact) mass is 291 g/mol. The molecule has 2 aromatic rings. The molecule has 0 heterocycles. The molecule has 1 N–H and O–H groups in total. The molecule has 0 aliphatic heterocycles. The minimum Gasteiger partial charge on any atom is -0.454 e. The number of rotatable bonds is 6. The van der Waals surface area contributed by atoms with Crippen LogP contribution in [0, 0.1) is 18.6 Å². The van der Waals surface area contributed by atoms with Crippen molar-refractivity contribution in [1.29, 1.82) is 0 Å². The molecule has 0 aliphatic carbocycles. The van der Waals surface area contributed by atoms with Crippen LogP contribution in [0.15, 0.2) is 36.4 Å². The highest BCUT2D eigenvalue weighted by atomic mass is 19.1. The fourth-order valence-corrected chi connectivity index (χ4v) is 2.02. The lowest BCUT2D eigenvalue weighted by molar-refractivity contribution is 0.435. The lowest BCUT2D eigenvalue weighted by Gasteiger charge is -2.11. The maximum Gasteiger partial charge on any atom is 0.168 e. The molecule has 2 nitrogen and oxygen atoms in total. The first kappa shape index (κ1) is 15.4. The van der Waals surface area contributed by atoms with Crippen LogP contribution in [0.25, 0.3) is 0 Å². The Hall–Kier alpha value is -1.94. The van der Waals surface area contributed by atoms with E-state index in [-0.39, 0.29) is 5.75 Å². The van der Waals surface area contributed by atoms with Gasteiger partial charge in [0.15, 0.2) is 11.6 Å². The molecule has 0 amide bonds. The minimum atomic E-state index is -0.705. The van der Waals surface area contributed by atoms with E-state index in [1.165, 1.54) is 12.1 Å². The van der Waals surface area contributed by atoms with Gasteiger partial charge in [0.25, 0.3) is 0 Å². The standard InChI is InChI=1S/C17H19F2NO/c1-3-8-20-11-13-4-6-16(12(2)9-13)21-17-7-5-14(18)10-15(17)19/h4-7,9-10,20H,3,8,11H2,1-2H3. The molecular formula is C17H19F2NO. The summed E-state index contributed by atoms with van der Waals surface area (Å²) < 4.78 is 32.0. The molecule has 0 atom stereocenters. The van der Waals surface area contributed by atoms with E-state index in [1.807, 2.05) is 19.1 Å². The van der Waals surface area contributed by atoms with E-state index in [0.717, 1.165) is 36.7 Å². The number of nitrogens with one attached hydrogen (secondary N) is 1. The van der Waals surface area contributed by atoms with Gasteiger partial charge < -0.3 is 10.1 Å². The van der Waals surface area contributed by atoms with E-state index in [0.29, 0.717) is 5.75 Å². The fraction of sp³-hybridized carbons (Fsp3) is 0.294. The third-order valence-electron chi connectivity index (χ3n) is 3.11. The molecule has 21 heavy (non-hydrogen) atoms. The molecule has 0 saturated heterocycles. The van der Waals surface area contributed by atoms with Crippen molar-refractivity contribution in [3.63, 3.8) is 0 Å². The summed E-state index contributed by atoms with van der Waals surface area (Å²) in [4.78, 5) is 0. The van der Waals surface area contributed by atoms with Gasteiger partial charge in [-0.05, 0) is 49.2 Å². The Morgan fingerprint density at radius 3 is 2.48 bits per heavy atom. The van der Waals surface area contributed by atoms with Crippen LogP contribution >= 0.6 is 0 Å². The van der Waals surface area contributed by atoms with Gasteiger partial charge in [-0.1, -0.05) is 19.1 Å². The van der Waals surface area contributed by atoms with E-state index in [9.17, 15) is 8.78 Å². The van der Waals surface area contributed by atoms with Crippen LogP contribution < -0.4 is 10.1 Å². The van der Waals surface area contributed by atoms with Crippen molar-refractivity contribution in [3.8, 4) is 11.5 Å². The van der Waals surface area contributed by atoms with Crippen molar-refractivity contribution in [1.82, 2.24) is 5.32 Å². The maximum absolute atomic E-state index is 13.6. The molecule has 4 heteroatoms. The van der Waals surface area contributed by atoms with E-state index in [2.05, 4.69) is 12.2 Å². The maximum atomic E-state index is 13.6. The van der Waals surface area contributed by atoms with Crippen molar-refractivity contribution < 1.29 is 13.5 Å². The normalized spacial score (nSPS) is 10.7. The van der Waals surface area contributed by atoms with Crippen LogP contribution in [0.3, 0.4) is 0 Å². The summed E-state index contributed by atoms with van der Waals surface area (Å²) in [5.74, 6) is -0.729. The molecule has 112 valence electrons. The van der Waals surface area contributed by atoms with E-state index < -0.39 is 11.6 Å². The predicted molar refractivity (Wildman–Crippen MR) is 79.6 cm³/mol. The highest BCUT2D eigenvalue weighted by Gasteiger charge is 2.08. The summed E-state index contributed by atoms with van der Waals surface area (Å²) in [5, 5.41) is 3.32. The molecule has 0 saturated carbocycles. The largest absolute Gasteiger partial charge is 0.454 e. The Labute approximate surface area is 123 Å². The third-order valence-corrected chi connectivity index (χ3v) is 3.11. The first-order valence-electron chi connectivity index (χ1n) is 7.03. The average Bonchev–Trinajstić information content (AvgIpc) is 2.44. The lowest BCUT2D eigenvalue weighted by Crippen LogP contribution is -2.13. The Morgan fingerprint density at radius 1 is 1.05 bits per heavy atom. The first-order valence-corrected chi connectivity index (χ1v) is 7.03. The van der Waals surface area contributed by atoms with Gasteiger partial charge in [0.2, 0.25) is 0 Å². The zero-order chi connectivity index (χ0) is 15.2. The number of halogens is 2. The zero-order valence-electron chi connectivity index (χ0n) is 12.2. The second-order valence-corrected chi connectivity index (χ2v) is 4.95. The molecular weight excluding hydrogens is 272 g/mol. The molecule has 0 radical (unpaired) electrons. The highest BCUT2D eigenvalue weighted by Crippen LogP contribution is 2.28.